The van der Waals surface area contributed by atoms with Crippen molar-refractivity contribution in [3.05, 3.63) is 33.9 Å². The summed E-state index contributed by atoms with van der Waals surface area (Å²) in [6, 6.07) is 0. The summed E-state index contributed by atoms with van der Waals surface area (Å²) in [5.41, 5.74) is 8.55. The number of rotatable bonds is 7. The number of hydrogen-bond acceptors (Lipinski definition) is 6. The van der Waals surface area contributed by atoms with Gasteiger partial charge in [0.1, 0.15) is 23.7 Å². The van der Waals surface area contributed by atoms with Crippen LogP contribution in [0.15, 0.2) is 11.6 Å². The fourth-order valence-corrected chi connectivity index (χ4v) is 4.28. The molecule has 1 aromatic carbocycles. The van der Waals surface area contributed by atoms with Gasteiger partial charge in [0.05, 0.1) is 7.11 Å². The zero-order valence-electron chi connectivity index (χ0n) is 18.3. The van der Waals surface area contributed by atoms with Crippen LogP contribution in [0.1, 0.15) is 59.7 Å². The number of nitrogens with two attached hydrogens (primary N) is 1. The molecule has 3 N–H and O–H groups in total. The van der Waals surface area contributed by atoms with Gasteiger partial charge >= 0.3 is 5.97 Å². The van der Waals surface area contributed by atoms with Gasteiger partial charge in [0.15, 0.2) is 0 Å². The molecule has 2 heterocycles. The number of piperidine rings is 1. The summed E-state index contributed by atoms with van der Waals surface area (Å²) in [4.78, 5) is 37.5. The van der Waals surface area contributed by atoms with Gasteiger partial charge in [0.25, 0.3) is 0 Å². The maximum atomic E-state index is 12.5. The summed E-state index contributed by atoms with van der Waals surface area (Å²) in [5.74, 6) is -0.441. The van der Waals surface area contributed by atoms with Crippen molar-refractivity contribution in [2.24, 2.45) is 11.7 Å². The van der Waals surface area contributed by atoms with E-state index in [9.17, 15) is 19.5 Å². The Labute approximate surface area is 182 Å². The summed E-state index contributed by atoms with van der Waals surface area (Å²) in [7, 11) is 1.53. The average Bonchev–Trinajstić information content (AvgIpc) is 3.15. The zero-order valence-corrected chi connectivity index (χ0v) is 18.3. The second-order valence-corrected chi connectivity index (χ2v) is 8.23. The van der Waals surface area contributed by atoms with Crippen molar-refractivity contribution in [2.45, 2.75) is 52.6 Å². The van der Waals surface area contributed by atoms with Crippen LogP contribution in [0.2, 0.25) is 0 Å². The first-order chi connectivity index (χ1) is 14.7. The van der Waals surface area contributed by atoms with E-state index in [1.54, 1.807) is 4.90 Å². The number of cyclic esters (lactones) is 1. The van der Waals surface area contributed by atoms with E-state index in [-0.39, 0.29) is 35.7 Å². The van der Waals surface area contributed by atoms with Gasteiger partial charge in [-0.25, -0.2) is 4.79 Å². The molecule has 0 radical (unpaired) electrons. The number of carbonyl (C=O) groups excluding carboxylic acids is 3. The van der Waals surface area contributed by atoms with E-state index in [0.717, 1.165) is 11.1 Å². The molecule has 0 saturated carbocycles. The number of hydrogen-bond donors (Lipinski definition) is 2. The predicted molar refractivity (Wildman–Crippen MR) is 114 cm³/mol. The molecule has 168 valence electrons. The zero-order chi connectivity index (χ0) is 22.7. The number of aromatic hydroxyl groups is 1. The Bertz CT molecular complexity index is 929. The number of fused-ring (bicyclic) bond motifs is 1. The molecule has 1 aromatic rings. The van der Waals surface area contributed by atoms with Crippen LogP contribution < -0.4 is 10.5 Å². The lowest BCUT2D eigenvalue weighted by atomic mass is 9.94. The van der Waals surface area contributed by atoms with Crippen LogP contribution in [0, 0.1) is 12.8 Å². The minimum absolute atomic E-state index is 0.0622. The van der Waals surface area contributed by atoms with Gasteiger partial charge in [0.2, 0.25) is 11.8 Å². The lowest BCUT2D eigenvalue weighted by Crippen LogP contribution is -2.41. The van der Waals surface area contributed by atoms with Gasteiger partial charge in [0, 0.05) is 36.6 Å². The summed E-state index contributed by atoms with van der Waals surface area (Å²) in [5, 5.41) is 10.7. The van der Waals surface area contributed by atoms with Crippen molar-refractivity contribution in [3.8, 4) is 11.5 Å². The molecule has 2 amide bonds. The monoisotopic (exact) mass is 430 g/mol. The number of allylic oxidation sites excluding steroid dienone is 2. The van der Waals surface area contributed by atoms with Gasteiger partial charge in [-0.05, 0) is 45.1 Å². The first kappa shape index (κ1) is 22.7. The van der Waals surface area contributed by atoms with Crippen molar-refractivity contribution in [2.75, 3.05) is 20.2 Å². The number of phenolic OH excluding ortho intramolecular Hbond substituents is 1. The Hall–Kier alpha value is -3.03. The van der Waals surface area contributed by atoms with E-state index in [1.165, 1.54) is 7.11 Å². The Kier molecular flexibility index (Phi) is 6.87. The van der Waals surface area contributed by atoms with E-state index in [2.05, 4.69) is 0 Å². The van der Waals surface area contributed by atoms with E-state index >= 15 is 0 Å². The normalized spacial score (nSPS) is 16.8. The van der Waals surface area contributed by atoms with Gasteiger partial charge in [-0.2, -0.15) is 0 Å². The Balaban J connectivity index is 1.63. The highest BCUT2D eigenvalue weighted by Crippen LogP contribution is 2.42. The van der Waals surface area contributed by atoms with E-state index in [0.29, 0.717) is 62.1 Å². The maximum absolute atomic E-state index is 12.5. The molecule has 0 aromatic heterocycles. The molecule has 0 unspecified atom stereocenters. The first-order valence-corrected chi connectivity index (χ1v) is 10.6. The number of nitrogens with zero attached hydrogens (tertiary/aromatic N) is 1. The second kappa shape index (κ2) is 9.41. The van der Waals surface area contributed by atoms with Crippen molar-refractivity contribution in [1.29, 1.82) is 0 Å². The van der Waals surface area contributed by atoms with E-state index < -0.39 is 5.97 Å². The molecule has 2 aliphatic heterocycles. The number of benzene rings is 1. The quantitative estimate of drug-likeness (QED) is 0.506. The van der Waals surface area contributed by atoms with Crippen molar-refractivity contribution < 1.29 is 29.0 Å². The number of esters is 1. The predicted octanol–water partition coefficient (Wildman–Crippen LogP) is 2.37. The smallest absolute Gasteiger partial charge is 0.342 e. The van der Waals surface area contributed by atoms with Crippen molar-refractivity contribution in [1.82, 2.24) is 4.90 Å². The van der Waals surface area contributed by atoms with E-state index in [4.69, 9.17) is 15.2 Å². The minimum Gasteiger partial charge on any atom is -0.507 e. The molecule has 0 spiro atoms. The number of phenols is 1. The third-order valence-corrected chi connectivity index (χ3v) is 6.29. The average molecular weight is 431 g/mol. The summed E-state index contributed by atoms with van der Waals surface area (Å²) < 4.78 is 10.6. The molecule has 0 bridgehead atoms. The van der Waals surface area contributed by atoms with Crippen LogP contribution in [-0.4, -0.2) is 48.0 Å². The molecule has 0 atom stereocenters. The largest absolute Gasteiger partial charge is 0.507 e. The first-order valence-electron chi connectivity index (χ1n) is 10.6. The molecule has 8 heteroatoms. The SMILES string of the molecule is COc1c(C)c2c(c(O)c1CC=C(C)CCC(=O)N1CCC(C(N)=O)CC1)C(=O)OC2. The highest BCUT2D eigenvalue weighted by atomic mass is 16.5. The van der Waals surface area contributed by atoms with Gasteiger partial charge < -0.3 is 25.2 Å². The minimum atomic E-state index is -0.522. The number of primary amides is 1. The number of methoxy groups -OCH3 is 1. The van der Waals surface area contributed by atoms with Crippen LogP contribution in [0.25, 0.3) is 0 Å². The topological polar surface area (TPSA) is 119 Å². The van der Waals surface area contributed by atoms with Crippen LogP contribution >= 0.6 is 0 Å². The van der Waals surface area contributed by atoms with Crippen LogP contribution in [-0.2, 0) is 27.4 Å². The Morgan fingerprint density at radius 1 is 1.29 bits per heavy atom. The van der Waals surface area contributed by atoms with Gasteiger partial charge in [-0.3, -0.25) is 9.59 Å². The highest BCUT2D eigenvalue weighted by molar-refractivity contribution is 5.98. The Morgan fingerprint density at radius 3 is 2.58 bits per heavy atom. The molecule has 1 saturated heterocycles. The molecule has 31 heavy (non-hydrogen) atoms. The molecule has 1 fully saturated rings. The molecule has 2 aliphatic rings. The lowest BCUT2D eigenvalue weighted by molar-refractivity contribution is -0.134. The summed E-state index contributed by atoms with van der Waals surface area (Å²) in [6.07, 6.45) is 4.52. The molecular formula is C23H30N2O6. The third kappa shape index (κ3) is 4.68. The van der Waals surface area contributed by atoms with E-state index in [1.807, 2.05) is 19.9 Å². The lowest BCUT2D eigenvalue weighted by Gasteiger charge is -2.30. The Morgan fingerprint density at radius 2 is 1.97 bits per heavy atom. The fourth-order valence-electron chi connectivity index (χ4n) is 4.28. The molecular weight excluding hydrogens is 400 g/mol. The maximum Gasteiger partial charge on any atom is 0.342 e. The standard InChI is InChI=1S/C23H30N2O6/c1-13(5-7-18(26)25-10-8-15(9-11-25)22(24)28)4-6-16-20(27)19-17(12-31-23(19)29)14(2)21(16)30-3/h4,15,27H,5-12H2,1-3H3,(H2,24,28). The summed E-state index contributed by atoms with van der Waals surface area (Å²) >= 11 is 0. The number of amides is 2. The number of likely N-dealkylation sites (tertiary alicyclic amines) is 1. The third-order valence-electron chi connectivity index (χ3n) is 6.29. The molecule has 0 aliphatic carbocycles. The second-order valence-electron chi connectivity index (χ2n) is 8.23. The van der Waals surface area contributed by atoms with Crippen molar-refractivity contribution in [3.63, 3.8) is 0 Å². The molecule has 3 rings (SSSR count). The highest BCUT2D eigenvalue weighted by Gasteiger charge is 2.32. The van der Waals surface area contributed by atoms with Crippen LogP contribution in [0.4, 0.5) is 0 Å². The molecule has 8 nitrogen and oxygen atoms in total. The fraction of sp³-hybridized carbons (Fsp3) is 0.522. The van der Waals surface area contributed by atoms with Gasteiger partial charge in [-0.1, -0.05) is 11.6 Å². The van der Waals surface area contributed by atoms with Gasteiger partial charge in [-0.15, -0.1) is 0 Å². The van der Waals surface area contributed by atoms with Crippen molar-refractivity contribution >= 4 is 17.8 Å². The van der Waals surface area contributed by atoms with Crippen LogP contribution in [0.3, 0.4) is 0 Å². The number of carbonyl (C=O) groups is 3. The van der Waals surface area contributed by atoms with Crippen LogP contribution in [0.5, 0.6) is 11.5 Å². The number of ether oxygens (including phenoxy) is 2. The summed E-state index contributed by atoms with van der Waals surface area (Å²) in [6.45, 7) is 5.04.